The Balaban J connectivity index is 2.17. The van der Waals surface area contributed by atoms with E-state index in [1.54, 1.807) is 3.93 Å². The summed E-state index contributed by atoms with van der Waals surface area (Å²) in [5.41, 5.74) is 2.10. The molecule has 0 N–H and O–H groups in total. The van der Waals surface area contributed by atoms with Crippen molar-refractivity contribution in [2.24, 2.45) is 0 Å². The zero-order valence-electron chi connectivity index (χ0n) is 7.61. The van der Waals surface area contributed by atoms with E-state index in [0.717, 1.165) is 18.4 Å². The van der Waals surface area contributed by atoms with Crippen molar-refractivity contribution < 1.29 is 4.79 Å². The largest absolute Gasteiger partial charge is 0.272 e. The average Bonchev–Trinajstić information content (AvgIpc) is 2.29. The number of amides is 1. The second kappa shape index (κ2) is 2.83. The van der Waals surface area contributed by atoms with Gasteiger partial charge in [0.05, 0.1) is 16.1 Å². The van der Waals surface area contributed by atoms with Gasteiger partial charge in [0, 0.05) is 11.6 Å². The summed E-state index contributed by atoms with van der Waals surface area (Å²) in [4.78, 5) is 12.0. The summed E-state index contributed by atoms with van der Waals surface area (Å²) in [6.07, 6.45) is 2.21. The molecule has 0 atom stereocenters. The molecule has 2 aliphatic heterocycles. The van der Waals surface area contributed by atoms with Gasteiger partial charge in [0.25, 0.3) is 5.91 Å². The Labute approximate surface area is 91.2 Å². The number of benzene rings is 1. The normalized spacial score (nSPS) is 29.2. The molecule has 3 heteroatoms. The lowest BCUT2D eigenvalue weighted by atomic mass is 9.76. The first-order chi connectivity index (χ1) is 6.77. The van der Waals surface area contributed by atoms with Crippen molar-refractivity contribution in [2.45, 2.75) is 24.8 Å². The first-order valence-electron chi connectivity index (χ1n) is 4.85. The monoisotopic (exact) mass is 251 g/mol. The molecule has 0 aromatic heterocycles. The molecule has 1 aliphatic carbocycles. The fraction of sp³-hybridized carbons (Fsp3) is 0.364. The highest BCUT2D eigenvalue weighted by Crippen LogP contribution is 2.45. The molecule has 0 spiro atoms. The van der Waals surface area contributed by atoms with Crippen molar-refractivity contribution in [3.63, 3.8) is 0 Å². The van der Waals surface area contributed by atoms with Crippen LogP contribution >= 0.6 is 16.1 Å². The van der Waals surface area contributed by atoms with Crippen LogP contribution in [0.15, 0.2) is 24.3 Å². The summed E-state index contributed by atoms with van der Waals surface area (Å²) < 4.78 is 1.72. The number of carbonyl (C=O) groups excluding carboxylic acids is 1. The molecule has 2 heterocycles. The zero-order chi connectivity index (χ0) is 9.71. The van der Waals surface area contributed by atoms with E-state index >= 15 is 0 Å². The molecule has 1 saturated carbocycles. The third kappa shape index (κ3) is 0.989. The van der Waals surface area contributed by atoms with Crippen LogP contribution in [0.25, 0.3) is 0 Å². The third-order valence-electron chi connectivity index (χ3n) is 3.26. The van der Waals surface area contributed by atoms with Gasteiger partial charge in [-0.3, -0.25) is 8.72 Å². The predicted molar refractivity (Wildman–Crippen MR) is 57.3 cm³/mol. The van der Waals surface area contributed by atoms with Crippen LogP contribution in [0.4, 0.5) is 0 Å². The van der Waals surface area contributed by atoms with Gasteiger partial charge in [0.1, 0.15) is 0 Å². The SMILES string of the molecule is O=C1c2ccccc2C2CC(C2)N1Br. The molecule has 3 aliphatic rings. The van der Waals surface area contributed by atoms with Crippen LogP contribution in [-0.4, -0.2) is 15.9 Å². The number of hydrogen-bond donors (Lipinski definition) is 0. The predicted octanol–water partition coefficient (Wildman–Crippen LogP) is 2.70. The fourth-order valence-electron chi connectivity index (χ4n) is 2.36. The molecule has 0 unspecified atom stereocenters. The van der Waals surface area contributed by atoms with Crippen molar-refractivity contribution in [1.29, 1.82) is 0 Å². The van der Waals surface area contributed by atoms with E-state index in [1.807, 2.05) is 18.2 Å². The van der Waals surface area contributed by atoms with E-state index in [1.165, 1.54) is 5.56 Å². The summed E-state index contributed by atoms with van der Waals surface area (Å²) >= 11 is 3.36. The van der Waals surface area contributed by atoms with Crippen LogP contribution in [0.1, 0.15) is 34.7 Å². The topological polar surface area (TPSA) is 20.3 Å². The van der Waals surface area contributed by atoms with Crippen LogP contribution in [0.5, 0.6) is 0 Å². The molecule has 4 rings (SSSR count). The number of nitrogens with zero attached hydrogens (tertiary/aromatic N) is 1. The van der Waals surface area contributed by atoms with Gasteiger partial charge in [-0.1, -0.05) is 18.2 Å². The molecule has 0 saturated heterocycles. The van der Waals surface area contributed by atoms with E-state index in [-0.39, 0.29) is 5.91 Å². The Morgan fingerprint density at radius 3 is 2.79 bits per heavy atom. The van der Waals surface area contributed by atoms with Crippen LogP contribution in [0.3, 0.4) is 0 Å². The summed E-state index contributed by atoms with van der Waals surface area (Å²) in [5, 5.41) is 0. The summed E-state index contributed by atoms with van der Waals surface area (Å²) in [6, 6.07) is 8.36. The molecule has 1 aromatic carbocycles. The van der Waals surface area contributed by atoms with E-state index in [0.29, 0.717) is 12.0 Å². The lowest BCUT2D eigenvalue weighted by Crippen LogP contribution is -2.37. The van der Waals surface area contributed by atoms with Crippen molar-refractivity contribution in [1.82, 2.24) is 3.93 Å². The summed E-state index contributed by atoms with van der Waals surface area (Å²) in [5.74, 6) is 0.716. The minimum Gasteiger partial charge on any atom is -0.272 e. The van der Waals surface area contributed by atoms with Crippen molar-refractivity contribution in [2.75, 3.05) is 0 Å². The molecule has 0 radical (unpaired) electrons. The first kappa shape index (κ1) is 8.48. The maximum Gasteiger partial charge on any atom is 0.264 e. The molecular weight excluding hydrogens is 242 g/mol. The third-order valence-corrected chi connectivity index (χ3v) is 4.16. The van der Waals surface area contributed by atoms with Gasteiger partial charge in [-0.15, -0.1) is 0 Å². The maximum atomic E-state index is 12.0. The van der Waals surface area contributed by atoms with Crippen LogP contribution in [0.2, 0.25) is 0 Å². The number of fused-ring (bicyclic) bond motifs is 1. The highest BCUT2D eigenvalue weighted by atomic mass is 79.9. The summed E-state index contributed by atoms with van der Waals surface area (Å²) in [6.45, 7) is 0. The van der Waals surface area contributed by atoms with E-state index < -0.39 is 0 Å². The molecule has 2 nitrogen and oxygen atoms in total. The average molecular weight is 252 g/mol. The summed E-state index contributed by atoms with van der Waals surface area (Å²) in [7, 11) is 0. The van der Waals surface area contributed by atoms with E-state index in [2.05, 4.69) is 22.2 Å². The Morgan fingerprint density at radius 1 is 1.29 bits per heavy atom. The highest BCUT2D eigenvalue weighted by Gasteiger charge is 2.41. The number of hydrogen-bond acceptors (Lipinski definition) is 1. The van der Waals surface area contributed by atoms with Crippen molar-refractivity contribution >= 4 is 22.1 Å². The van der Waals surface area contributed by atoms with Gasteiger partial charge in [0.15, 0.2) is 0 Å². The second-order valence-corrected chi connectivity index (χ2v) is 4.79. The molecule has 1 amide bonds. The maximum absolute atomic E-state index is 12.0. The second-order valence-electron chi connectivity index (χ2n) is 4.03. The Hall–Kier alpha value is -0.830. The number of rotatable bonds is 0. The fourth-order valence-corrected chi connectivity index (χ4v) is 2.88. The standard InChI is InChI=1S/C11H10BrNO/c12-13-8-5-7(6-8)9-3-1-2-4-10(9)11(13)14/h1-4,7-8H,5-6H2. The highest BCUT2D eigenvalue weighted by molar-refractivity contribution is 9.07. The smallest absolute Gasteiger partial charge is 0.264 e. The quantitative estimate of drug-likeness (QED) is 0.650. The van der Waals surface area contributed by atoms with Crippen molar-refractivity contribution in [3.05, 3.63) is 35.4 Å². The Morgan fingerprint density at radius 2 is 2.00 bits per heavy atom. The molecular formula is C11H10BrNO. The lowest BCUT2D eigenvalue weighted by molar-refractivity contribution is 0.0810. The van der Waals surface area contributed by atoms with Gasteiger partial charge in [-0.2, -0.15) is 0 Å². The first-order valence-corrected chi connectivity index (χ1v) is 5.56. The van der Waals surface area contributed by atoms with E-state index in [4.69, 9.17) is 0 Å². The van der Waals surface area contributed by atoms with Crippen LogP contribution in [0, 0.1) is 0 Å². The number of halogens is 1. The molecule has 14 heavy (non-hydrogen) atoms. The minimum atomic E-state index is 0.116. The molecule has 1 fully saturated rings. The molecule has 1 aromatic rings. The zero-order valence-corrected chi connectivity index (χ0v) is 9.20. The van der Waals surface area contributed by atoms with E-state index in [9.17, 15) is 4.79 Å². The van der Waals surface area contributed by atoms with Gasteiger partial charge in [-0.25, -0.2) is 0 Å². The van der Waals surface area contributed by atoms with Crippen molar-refractivity contribution in [3.8, 4) is 0 Å². The Kier molecular flexibility index (Phi) is 1.71. The van der Waals surface area contributed by atoms with Crippen LogP contribution in [-0.2, 0) is 0 Å². The van der Waals surface area contributed by atoms with Gasteiger partial charge < -0.3 is 0 Å². The molecule has 2 bridgehead atoms. The Bertz CT molecular complexity index is 398. The van der Waals surface area contributed by atoms with Gasteiger partial charge in [-0.05, 0) is 30.4 Å². The lowest BCUT2D eigenvalue weighted by Gasteiger charge is -2.36. The van der Waals surface area contributed by atoms with Gasteiger partial charge in [0.2, 0.25) is 0 Å². The minimum absolute atomic E-state index is 0.116. The number of carbonyl (C=O) groups is 1. The molecule has 72 valence electrons. The van der Waals surface area contributed by atoms with Gasteiger partial charge >= 0.3 is 0 Å². The van der Waals surface area contributed by atoms with Crippen LogP contribution < -0.4 is 0 Å².